The Labute approximate surface area is 106 Å². The van der Waals surface area contributed by atoms with Crippen molar-refractivity contribution in [2.24, 2.45) is 11.8 Å². The third-order valence-corrected chi connectivity index (χ3v) is 5.16. The van der Waals surface area contributed by atoms with Crippen LogP contribution < -0.4 is 5.32 Å². The fourth-order valence-electron chi connectivity index (χ4n) is 3.57. The summed E-state index contributed by atoms with van der Waals surface area (Å²) in [5.74, 6) is 2.02. The van der Waals surface area contributed by atoms with Crippen LogP contribution in [0.4, 0.5) is 0 Å². The van der Waals surface area contributed by atoms with Gasteiger partial charge in [-0.15, -0.1) is 0 Å². The minimum Gasteiger partial charge on any atom is -0.310 e. The molecule has 1 N–H and O–H groups in total. The average molecular weight is 236 g/mol. The Bertz CT molecular complexity index is 270. The highest BCUT2D eigenvalue weighted by Gasteiger charge is 2.43. The summed E-state index contributed by atoms with van der Waals surface area (Å²) in [5, 5.41) is 3.83. The third kappa shape index (κ3) is 2.85. The van der Waals surface area contributed by atoms with Gasteiger partial charge in [0.15, 0.2) is 0 Å². The molecule has 0 aromatic heterocycles. The maximum Gasteiger partial charge on any atom is 0.0308 e. The largest absolute Gasteiger partial charge is 0.310 e. The molecule has 0 bridgehead atoms. The summed E-state index contributed by atoms with van der Waals surface area (Å²) in [6.07, 6.45) is 8.67. The van der Waals surface area contributed by atoms with E-state index < -0.39 is 0 Å². The van der Waals surface area contributed by atoms with E-state index in [9.17, 15) is 0 Å². The van der Waals surface area contributed by atoms with Crippen LogP contribution in [0.5, 0.6) is 0 Å². The molecule has 0 radical (unpaired) electrons. The van der Waals surface area contributed by atoms with Gasteiger partial charge in [-0.3, -0.25) is 4.90 Å². The number of hydrogen-bond donors (Lipinski definition) is 1. The van der Waals surface area contributed by atoms with Gasteiger partial charge >= 0.3 is 0 Å². The topological polar surface area (TPSA) is 15.3 Å². The van der Waals surface area contributed by atoms with Gasteiger partial charge in [0.2, 0.25) is 0 Å². The van der Waals surface area contributed by atoms with E-state index in [1.54, 1.807) is 0 Å². The van der Waals surface area contributed by atoms with Crippen molar-refractivity contribution in [1.82, 2.24) is 10.2 Å². The molecule has 1 heterocycles. The van der Waals surface area contributed by atoms with Crippen molar-refractivity contribution < 1.29 is 0 Å². The molecular weight excluding hydrogens is 208 g/mol. The average Bonchev–Trinajstić information content (AvgIpc) is 3.15. The van der Waals surface area contributed by atoms with Crippen LogP contribution in [-0.2, 0) is 0 Å². The molecule has 2 aliphatic carbocycles. The van der Waals surface area contributed by atoms with E-state index in [0.29, 0.717) is 5.54 Å². The van der Waals surface area contributed by atoms with Gasteiger partial charge in [-0.05, 0) is 64.5 Å². The highest BCUT2D eigenvalue weighted by atomic mass is 15.2. The van der Waals surface area contributed by atoms with Gasteiger partial charge in [-0.1, -0.05) is 12.8 Å². The van der Waals surface area contributed by atoms with Crippen LogP contribution >= 0.6 is 0 Å². The molecule has 1 aliphatic heterocycles. The van der Waals surface area contributed by atoms with Gasteiger partial charge in [-0.2, -0.15) is 0 Å². The van der Waals surface area contributed by atoms with Crippen LogP contribution in [0.1, 0.15) is 52.4 Å². The van der Waals surface area contributed by atoms with Crippen LogP contribution in [0.3, 0.4) is 0 Å². The molecule has 98 valence electrons. The Morgan fingerprint density at radius 3 is 2.71 bits per heavy atom. The summed E-state index contributed by atoms with van der Waals surface area (Å²) < 4.78 is 0. The zero-order valence-electron chi connectivity index (χ0n) is 11.5. The molecule has 3 rings (SSSR count). The first-order valence-electron chi connectivity index (χ1n) is 7.66. The van der Waals surface area contributed by atoms with E-state index in [4.69, 9.17) is 0 Å². The Morgan fingerprint density at radius 2 is 2.06 bits per heavy atom. The number of nitrogens with one attached hydrogen (secondary N) is 1. The van der Waals surface area contributed by atoms with Gasteiger partial charge in [0.25, 0.3) is 0 Å². The summed E-state index contributed by atoms with van der Waals surface area (Å²) in [6.45, 7) is 8.73. The first-order chi connectivity index (χ1) is 8.17. The smallest absolute Gasteiger partial charge is 0.0308 e. The lowest BCUT2D eigenvalue weighted by Gasteiger charge is -2.37. The molecule has 0 spiro atoms. The predicted octanol–water partition coefficient (Wildman–Crippen LogP) is 2.64. The Balaban J connectivity index is 1.61. The van der Waals surface area contributed by atoms with Crippen LogP contribution in [0, 0.1) is 11.8 Å². The van der Waals surface area contributed by atoms with E-state index in [1.807, 2.05) is 0 Å². The fraction of sp³-hybridized carbons (Fsp3) is 1.00. The minimum atomic E-state index is 0.411. The fourth-order valence-corrected chi connectivity index (χ4v) is 3.57. The first kappa shape index (κ1) is 12.0. The molecular formula is C15H28N2. The maximum absolute atomic E-state index is 3.83. The van der Waals surface area contributed by atoms with E-state index >= 15 is 0 Å². The first-order valence-corrected chi connectivity index (χ1v) is 7.66. The second kappa shape index (κ2) is 4.55. The third-order valence-electron chi connectivity index (χ3n) is 5.16. The summed E-state index contributed by atoms with van der Waals surface area (Å²) in [4.78, 5) is 2.77. The number of hydrogen-bond acceptors (Lipinski definition) is 2. The minimum absolute atomic E-state index is 0.411. The molecule has 1 saturated heterocycles. The molecule has 2 heteroatoms. The molecule has 2 nitrogen and oxygen atoms in total. The second-order valence-electron chi connectivity index (χ2n) is 6.97. The number of nitrogens with zero attached hydrogens (tertiary/aromatic N) is 1. The molecule has 2 atom stereocenters. The highest BCUT2D eigenvalue weighted by molar-refractivity contribution is 5.01. The van der Waals surface area contributed by atoms with Gasteiger partial charge < -0.3 is 5.32 Å². The SMILES string of the molecule is CC(CC1CC1)N1CCCNC(C)(C2CC2)C1. The van der Waals surface area contributed by atoms with Gasteiger partial charge in [0, 0.05) is 18.1 Å². The standard InChI is InChI=1S/C15H28N2/c1-12(10-13-4-5-13)17-9-3-8-16-15(2,11-17)14-6-7-14/h12-14,16H,3-11H2,1-2H3. The summed E-state index contributed by atoms with van der Waals surface area (Å²) in [5.41, 5.74) is 0.411. The van der Waals surface area contributed by atoms with Crippen molar-refractivity contribution in [2.75, 3.05) is 19.6 Å². The Morgan fingerprint density at radius 1 is 1.29 bits per heavy atom. The van der Waals surface area contributed by atoms with E-state index in [0.717, 1.165) is 17.9 Å². The highest BCUT2D eigenvalue weighted by Crippen LogP contribution is 2.41. The van der Waals surface area contributed by atoms with Crippen LogP contribution in [0.2, 0.25) is 0 Å². The zero-order valence-corrected chi connectivity index (χ0v) is 11.5. The molecule has 3 fully saturated rings. The Hall–Kier alpha value is -0.0800. The van der Waals surface area contributed by atoms with Crippen molar-refractivity contribution in [3.8, 4) is 0 Å². The monoisotopic (exact) mass is 236 g/mol. The van der Waals surface area contributed by atoms with Gasteiger partial charge in [0.05, 0.1) is 0 Å². The van der Waals surface area contributed by atoms with E-state index in [1.165, 1.54) is 58.2 Å². The van der Waals surface area contributed by atoms with Crippen LogP contribution in [0.25, 0.3) is 0 Å². The molecule has 0 aromatic carbocycles. The van der Waals surface area contributed by atoms with Crippen molar-refractivity contribution >= 4 is 0 Å². The van der Waals surface area contributed by atoms with Crippen molar-refractivity contribution in [2.45, 2.75) is 64.0 Å². The molecule has 3 aliphatic rings. The summed E-state index contributed by atoms with van der Waals surface area (Å²) in [7, 11) is 0. The van der Waals surface area contributed by atoms with Crippen LogP contribution in [-0.4, -0.2) is 36.1 Å². The van der Waals surface area contributed by atoms with Gasteiger partial charge in [-0.25, -0.2) is 0 Å². The lowest BCUT2D eigenvalue weighted by atomic mass is 9.94. The lowest BCUT2D eigenvalue weighted by Crippen LogP contribution is -2.52. The molecule has 2 unspecified atom stereocenters. The Kier molecular flexibility index (Phi) is 3.20. The van der Waals surface area contributed by atoms with Crippen molar-refractivity contribution in [1.29, 1.82) is 0 Å². The molecule has 0 aromatic rings. The second-order valence-corrected chi connectivity index (χ2v) is 6.97. The van der Waals surface area contributed by atoms with Gasteiger partial charge in [0.1, 0.15) is 0 Å². The van der Waals surface area contributed by atoms with Crippen LogP contribution in [0.15, 0.2) is 0 Å². The summed E-state index contributed by atoms with van der Waals surface area (Å²) in [6, 6.07) is 0.806. The molecule has 0 amide bonds. The predicted molar refractivity (Wildman–Crippen MR) is 72.1 cm³/mol. The van der Waals surface area contributed by atoms with E-state index in [-0.39, 0.29) is 0 Å². The molecule has 17 heavy (non-hydrogen) atoms. The van der Waals surface area contributed by atoms with Crippen molar-refractivity contribution in [3.05, 3.63) is 0 Å². The zero-order chi connectivity index (χ0) is 11.9. The lowest BCUT2D eigenvalue weighted by molar-refractivity contribution is 0.149. The number of rotatable bonds is 4. The van der Waals surface area contributed by atoms with Crippen molar-refractivity contribution in [3.63, 3.8) is 0 Å². The molecule has 2 saturated carbocycles. The maximum atomic E-state index is 3.83. The quantitative estimate of drug-likeness (QED) is 0.807. The normalized spacial score (nSPS) is 37.8. The van der Waals surface area contributed by atoms with E-state index in [2.05, 4.69) is 24.1 Å². The summed E-state index contributed by atoms with van der Waals surface area (Å²) >= 11 is 0.